The van der Waals surface area contributed by atoms with Crippen LogP contribution in [0.15, 0.2) is 18.2 Å². The Labute approximate surface area is 108 Å². The van der Waals surface area contributed by atoms with Crippen LogP contribution in [0, 0.1) is 34.9 Å². The highest BCUT2D eigenvalue weighted by atomic mass is 19.2. The molecular formula is C13H4F6O. The van der Waals surface area contributed by atoms with E-state index in [4.69, 9.17) is 0 Å². The Kier molecular flexibility index (Phi) is 3.52. The fraction of sp³-hybridized carbons (Fsp3) is 0. The van der Waals surface area contributed by atoms with Crippen molar-refractivity contribution in [1.82, 2.24) is 0 Å². The fourth-order valence-corrected chi connectivity index (χ4v) is 1.65. The molecule has 0 aliphatic rings. The maximum Gasteiger partial charge on any atom is 0.200 e. The minimum Gasteiger partial charge on any atom is -0.298 e. The number of carbonyl (C=O) groups excluding carboxylic acids is 1. The monoisotopic (exact) mass is 290 g/mol. The summed E-state index contributed by atoms with van der Waals surface area (Å²) in [4.78, 5) is 10.5. The van der Waals surface area contributed by atoms with Crippen molar-refractivity contribution in [3.63, 3.8) is 0 Å². The molecule has 0 fully saturated rings. The Morgan fingerprint density at radius 2 is 1.25 bits per heavy atom. The number of aldehydes is 1. The first kappa shape index (κ1) is 14.1. The number of rotatable bonds is 2. The van der Waals surface area contributed by atoms with Crippen LogP contribution in [0.2, 0.25) is 0 Å². The Balaban J connectivity index is 2.86. The van der Waals surface area contributed by atoms with E-state index >= 15 is 0 Å². The summed E-state index contributed by atoms with van der Waals surface area (Å²) < 4.78 is 79.6. The van der Waals surface area contributed by atoms with Gasteiger partial charge in [-0.15, -0.1) is 0 Å². The lowest BCUT2D eigenvalue weighted by atomic mass is 10.0. The van der Waals surface area contributed by atoms with Crippen molar-refractivity contribution in [2.45, 2.75) is 0 Å². The largest absolute Gasteiger partial charge is 0.298 e. The first-order chi connectivity index (χ1) is 9.38. The molecule has 0 radical (unpaired) electrons. The highest BCUT2D eigenvalue weighted by Gasteiger charge is 2.28. The maximum atomic E-state index is 13.5. The normalized spacial score (nSPS) is 10.7. The zero-order valence-corrected chi connectivity index (χ0v) is 9.49. The van der Waals surface area contributed by atoms with Crippen LogP contribution < -0.4 is 0 Å². The molecule has 0 spiro atoms. The molecule has 0 saturated heterocycles. The third-order valence-electron chi connectivity index (χ3n) is 2.61. The molecule has 2 aromatic rings. The van der Waals surface area contributed by atoms with Crippen molar-refractivity contribution in [3.8, 4) is 11.1 Å². The van der Waals surface area contributed by atoms with Gasteiger partial charge in [-0.3, -0.25) is 4.79 Å². The standard InChI is InChI=1S/C13H4F6O/c14-7-2-1-5(4-20)3-6(7)8-9(15)11(17)13(19)12(18)10(8)16/h1-4H. The number of benzene rings is 2. The number of halogens is 6. The fourth-order valence-electron chi connectivity index (χ4n) is 1.65. The Morgan fingerprint density at radius 3 is 1.75 bits per heavy atom. The lowest BCUT2D eigenvalue weighted by Crippen LogP contribution is -2.05. The minimum atomic E-state index is -2.34. The summed E-state index contributed by atoms with van der Waals surface area (Å²) in [5.41, 5.74) is -2.48. The zero-order valence-electron chi connectivity index (χ0n) is 9.49. The van der Waals surface area contributed by atoms with Gasteiger partial charge in [-0.2, -0.15) is 0 Å². The van der Waals surface area contributed by atoms with Crippen molar-refractivity contribution < 1.29 is 31.1 Å². The SMILES string of the molecule is O=Cc1ccc(F)c(-c2c(F)c(F)c(F)c(F)c2F)c1. The number of hydrogen-bond donors (Lipinski definition) is 0. The minimum absolute atomic E-state index is 0.176. The second kappa shape index (κ2) is 4.99. The summed E-state index contributed by atoms with van der Waals surface area (Å²) in [6.07, 6.45) is 0.245. The van der Waals surface area contributed by atoms with E-state index in [2.05, 4.69) is 0 Å². The molecule has 1 nitrogen and oxygen atoms in total. The third kappa shape index (κ3) is 2.04. The molecule has 0 aliphatic heterocycles. The molecule has 0 atom stereocenters. The van der Waals surface area contributed by atoms with Gasteiger partial charge in [-0.05, 0) is 18.2 Å². The summed E-state index contributed by atoms with van der Waals surface area (Å²) in [7, 11) is 0. The van der Waals surface area contributed by atoms with Gasteiger partial charge in [-0.1, -0.05) is 0 Å². The molecule has 2 rings (SSSR count). The van der Waals surface area contributed by atoms with Gasteiger partial charge in [0.15, 0.2) is 23.3 Å². The predicted molar refractivity (Wildman–Crippen MR) is 57.0 cm³/mol. The molecule has 0 heterocycles. The van der Waals surface area contributed by atoms with Crippen molar-refractivity contribution in [3.05, 3.63) is 58.7 Å². The summed E-state index contributed by atoms with van der Waals surface area (Å²) in [6, 6.07) is 2.38. The van der Waals surface area contributed by atoms with E-state index in [1.807, 2.05) is 0 Å². The molecule has 0 aliphatic carbocycles. The zero-order chi connectivity index (χ0) is 15.0. The Bertz CT molecular complexity index is 681. The van der Waals surface area contributed by atoms with E-state index in [-0.39, 0.29) is 11.8 Å². The summed E-state index contributed by atoms with van der Waals surface area (Å²) in [5, 5.41) is 0. The molecule has 0 aromatic heterocycles. The van der Waals surface area contributed by atoms with Gasteiger partial charge in [0.05, 0.1) is 5.56 Å². The van der Waals surface area contributed by atoms with Crippen LogP contribution in [-0.2, 0) is 0 Å². The van der Waals surface area contributed by atoms with Gasteiger partial charge < -0.3 is 0 Å². The first-order valence-electron chi connectivity index (χ1n) is 5.15. The molecular weight excluding hydrogens is 286 g/mol. The van der Waals surface area contributed by atoms with Crippen LogP contribution in [0.5, 0.6) is 0 Å². The van der Waals surface area contributed by atoms with Gasteiger partial charge in [0, 0.05) is 11.1 Å². The molecule has 104 valence electrons. The molecule has 0 saturated carbocycles. The molecule has 0 N–H and O–H groups in total. The van der Waals surface area contributed by atoms with E-state index in [1.165, 1.54) is 0 Å². The second-order valence-corrected chi connectivity index (χ2v) is 3.80. The lowest BCUT2D eigenvalue weighted by Gasteiger charge is -2.09. The highest BCUT2D eigenvalue weighted by Crippen LogP contribution is 2.33. The molecule has 2 aromatic carbocycles. The van der Waals surface area contributed by atoms with E-state index in [1.54, 1.807) is 0 Å². The van der Waals surface area contributed by atoms with Crippen LogP contribution in [0.1, 0.15) is 10.4 Å². The summed E-state index contributed by atoms with van der Waals surface area (Å²) >= 11 is 0. The van der Waals surface area contributed by atoms with Crippen LogP contribution in [0.3, 0.4) is 0 Å². The smallest absolute Gasteiger partial charge is 0.200 e. The predicted octanol–water partition coefficient (Wildman–Crippen LogP) is 4.00. The van der Waals surface area contributed by atoms with Crippen LogP contribution in [0.25, 0.3) is 11.1 Å². The van der Waals surface area contributed by atoms with E-state index in [0.29, 0.717) is 12.1 Å². The summed E-state index contributed by atoms with van der Waals surface area (Å²) in [5.74, 6) is -12.3. The molecule has 0 unspecified atom stereocenters. The average Bonchev–Trinajstić information content (AvgIpc) is 2.45. The highest BCUT2D eigenvalue weighted by molar-refractivity contribution is 5.79. The van der Waals surface area contributed by atoms with E-state index in [9.17, 15) is 31.1 Å². The average molecular weight is 290 g/mol. The van der Waals surface area contributed by atoms with Gasteiger partial charge in [0.25, 0.3) is 0 Å². The first-order valence-corrected chi connectivity index (χ1v) is 5.15. The number of carbonyl (C=O) groups is 1. The second-order valence-electron chi connectivity index (χ2n) is 3.80. The quantitative estimate of drug-likeness (QED) is 0.353. The van der Waals surface area contributed by atoms with Crippen molar-refractivity contribution in [1.29, 1.82) is 0 Å². The Morgan fingerprint density at radius 1 is 0.750 bits per heavy atom. The van der Waals surface area contributed by atoms with Crippen molar-refractivity contribution >= 4 is 6.29 Å². The summed E-state index contributed by atoms with van der Waals surface area (Å²) in [6.45, 7) is 0. The van der Waals surface area contributed by atoms with Gasteiger partial charge >= 0.3 is 0 Å². The molecule has 20 heavy (non-hydrogen) atoms. The van der Waals surface area contributed by atoms with Gasteiger partial charge in [0.1, 0.15) is 12.1 Å². The van der Waals surface area contributed by atoms with Gasteiger partial charge in [0.2, 0.25) is 5.82 Å². The van der Waals surface area contributed by atoms with Crippen molar-refractivity contribution in [2.75, 3.05) is 0 Å². The van der Waals surface area contributed by atoms with Crippen LogP contribution in [-0.4, -0.2) is 6.29 Å². The van der Waals surface area contributed by atoms with Gasteiger partial charge in [-0.25, -0.2) is 26.3 Å². The van der Waals surface area contributed by atoms with Crippen molar-refractivity contribution in [2.24, 2.45) is 0 Å². The third-order valence-corrected chi connectivity index (χ3v) is 2.61. The van der Waals surface area contributed by atoms with E-state index in [0.717, 1.165) is 6.07 Å². The lowest BCUT2D eigenvalue weighted by molar-refractivity contribution is 0.112. The topological polar surface area (TPSA) is 17.1 Å². The Hall–Kier alpha value is -2.31. The maximum absolute atomic E-state index is 13.5. The van der Waals surface area contributed by atoms with Crippen LogP contribution in [0.4, 0.5) is 26.3 Å². The van der Waals surface area contributed by atoms with Crippen LogP contribution >= 0.6 is 0 Å². The molecule has 0 bridgehead atoms. The number of hydrogen-bond acceptors (Lipinski definition) is 1. The van der Waals surface area contributed by atoms with E-state index < -0.39 is 46.0 Å². The molecule has 7 heteroatoms. The molecule has 0 amide bonds.